The number of ether oxygens (including phenoxy) is 2. The zero-order valence-electron chi connectivity index (χ0n) is 24.6. The van der Waals surface area contributed by atoms with Crippen molar-refractivity contribution in [3.63, 3.8) is 0 Å². The van der Waals surface area contributed by atoms with Gasteiger partial charge in [-0.1, -0.05) is 12.1 Å². The van der Waals surface area contributed by atoms with Crippen LogP contribution in [0.2, 0.25) is 0 Å². The molecule has 4 N–H and O–H groups in total. The molecule has 5 heterocycles. The van der Waals surface area contributed by atoms with Gasteiger partial charge in [0, 0.05) is 37.4 Å². The predicted octanol–water partition coefficient (Wildman–Crippen LogP) is 2.87. The molecule has 1 atom stereocenters. The van der Waals surface area contributed by atoms with Crippen molar-refractivity contribution in [1.29, 1.82) is 0 Å². The molecule has 232 valence electrons. The summed E-state index contributed by atoms with van der Waals surface area (Å²) >= 11 is 5.55. The molecule has 14 nitrogen and oxygen atoms in total. The summed E-state index contributed by atoms with van der Waals surface area (Å²) in [5.74, 6) is 1.49. The van der Waals surface area contributed by atoms with Gasteiger partial charge in [-0.3, -0.25) is 0 Å². The van der Waals surface area contributed by atoms with Crippen molar-refractivity contribution in [2.24, 2.45) is 0 Å². The molecule has 2 saturated heterocycles. The number of hydrogen-bond acceptors (Lipinski definition) is 11. The molecule has 0 spiro atoms. The number of carboxylic acids is 1. The number of benzene rings is 2. The first-order valence-corrected chi connectivity index (χ1v) is 15.1. The van der Waals surface area contributed by atoms with Gasteiger partial charge >= 0.3 is 5.97 Å². The number of nitrogens with one attached hydrogen (secondary N) is 3. The normalized spacial score (nSPS) is 18.2. The number of morpholine rings is 2. The van der Waals surface area contributed by atoms with E-state index in [-0.39, 0.29) is 11.6 Å². The van der Waals surface area contributed by atoms with Crippen molar-refractivity contribution < 1.29 is 19.4 Å². The van der Waals surface area contributed by atoms with E-state index in [1.165, 1.54) is 0 Å². The third kappa shape index (κ3) is 5.96. The Kier molecular flexibility index (Phi) is 7.87. The van der Waals surface area contributed by atoms with Crippen molar-refractivity contribution in [3.8, 4) is 5.69 Å². The number of hydrogen-bond donors (Lipinski definition) is 4. The highest BCUT2D eigenvalue weighted by Gasteiger charge is 2.31. The molecule has 1 unspecified atom stereocenters. The molecule has 0 aliphatic carbocycles. The summed E-state index contributed by atoms with van der Waals surface area (Å²) in [6.45, 7) is 7.34. The Labute approximate surface area is 264 Å². The van der Waals surface area contributed by atoms with Crippen LogP contribution in [-0.2, 0) is 9.47 Å². The van der Waals surface area contributed by atoms with E-state index in [2.05, 4.69) is 25.8 Å². The van der Waals surface area contributed by atoms with Crippen LogP contribution in [0.15, 0.2) is 48.5 Å². The van der Waals surface area contributed by atoms with Crippen molar-refractivity contribution in [2.75, 3.05) is 73.0 Å². The number of anilines is 5. The van der Waals surface area contributed by atoms with E-state index in [1.807, 2.05) is 35.9 Å². The third-order valence-corrected chi connectivity index (χ3v) is 8.18. The highest BCUT2D eigenvalue weighted by atomic mass is 32.1. The van der Waals surface area contributed by atoms with E-state index in [1.54, 1.807) is 24.3 Å². The van der Waals surface area contributed by atoms with Gasteiger partial charge in [0.1, 0.15) is 5.82 Å². The highest BCUT2D eigenvalue weighted by Crippen LogP contribution is 2.36. The van der Waals surface area contributed by atoms with Gasteiger partial charge < -0.3 is 40.3 Å². The van der Waals surface area contributed by atoms with Crippen molar-refractivity contribution >= 4 is 52.6 Å². The minimum absolute atomic E-state index is 0.225. The van der Waals surface area contributed by atoms with Crippen molar-refractivity contribution in [3.05, 3.63) is 70.9 Å². The summed E-state index contributed by atoms with van der Waals surface area (Å²) in [5, 5.41) is 24.5. The molecule has 2 aromatic carbocycles. The Morgan fingerprint density at radius 2 is 1.51 bits per heavy atom. The third-order valence-electron chi connectivity index (χ3n) is 7.96. The minimum Gasteiger partial charge on any atom is -0.478 e. The smallest absolute Gasteiger partial charge is 0.335 e. The average Bonchev–Trinajstić information content (AvgIpc) is 3.41. The van der Waals surface area contributed by atoms with Gasteiger partial charge in [0.05, 0.1) is 49.4 Å². The number of carbonyl (C=O) groups is 1. The number of aromatic carboxylic acids is 1. The fraction of sp³-hybridized carbons (Fsp3) is 0.333. The van der Waals surface area contributed by atoms with Crippen LogP contribution in [-0.4, -0.2) is 93.5 Å². The summed E-state index contributed by atoms with van der Waals surface area (Å²) < 4.78 is 12.9. The van der Waals surface area contributed by atoms with E-state index < -0.39 is 5.97 Å². The van der Waals surface area contributed by atoms with E-state index in [9.17, 15) is 9.90 Å². The number of aromatic nitrogens is 5. The number of aryl methyl sites for hydroxylation is 1. The van der Waals surface area contributed by atoms with Gasteiger partial charge in [-0.15, -0.1) is 0 Å². The lowest BCUT2D eigenvalue weighted by Crippen LogP contribution is -2.40. The standard InChI is InChI=1S/C30H32N10O4S/c1-18-23-24(19-2-4-20(5-3-19)26(41)42)32-30(45)33-25(23)40(37-18)22-8-6-21(7-9-22)31-27-34-28(38-10-14-43-15-11-38)36-29(35-27)39-12-16-44-17-13-39/h2-9,24H,10-17H2,1H3,(H,41,42)(H2,32,33,45)(H,31,34,35,36). The first-order chi connectivity index (χ1) is 21.9. The van der Waals surface area contributed by atoms with Crippen LogP contribution in [0.4, 0.5) is 29.4 Å². The van der Waals surface area contributed by atoms with Gasteiger partial charge in [0.25, 0.3) is 0 Å². The molecule has 15 heteroatoms. The second kappa shape index (κ2) is 12.3. The first-order valence-electron chi connectivity index (χ1n) is 14.7. The van der Waals surface area contributed by atoms with Crippen LogP contribution < -0.4 is 25.8 Å². The monoisotopic (exact) mass is 628 g/mol. The molecule has 0 bridgehead atoms. The number of carboxylic acid groups (broad SMARTS) is 1. The second-order valence-electron chi connectivity index (χ2n) is 10.8. The fourth-order valence-electron chi connectivity index (χ4n) is 5.64. The predicted molar refractivity (Wildman–Crippen MR) is 172 cm³/mol. The summed E-state index contributed by atoms with van der Waals surface area (Å²) in [5.41, 5.74) is 4.51. The Hall–Kier alpha value is -4.86. The van der Waals surface area contributed by atoms with Gasteiger partial charge in [-0.05, 0) is 61.1 Å². The fourth-order valence-corrected chi connectivity index (χ4v) is 5.86. The SMILES string of the molecule is Cc1nn(-c2ccc(Nc3nc(N4CCOCC4)nc(N4CCOCC4)n3)cc2)c2c1C(c1ccc(C(=O)O)cc1)NC(=S)N2. The molecule has 7 rings (SSSR count). The number of thiocarbonyl (C=S) groups is 1. The molecular formula is C30H32N10O4S. The van der Waals surface area contributed by atoms with Crippen LogP contribution in [0.25, 0.3) is 5.69 Å². The Bertz CT molecular complexity index is 1680. The summed E-state index contributed by atoms with van der Waals surface area (Å²) in [6.07, 6.45) is 0. The molecule has 45 heavy (non-hydrogen) atoms. The van der Waals surface area contributed by atoms with Gasteiger partial charge in [-0.25, -0.2) is 9.48 Å². The first kappa shape index (κ1) is 28.9. The van der Waals surface area contributed by atoms with Crippen LogP contribution in [0, 0.1) is 6.92 Å². The zero-order chi connectivity index (χ0) is 30.9. The number of nitrogens with zero attached hydrogens (tertiary/aromatic N) is 7. The second-order valence-corrected chi connectivity index (χ2v) is 11.3. The van der Waals surface area contributed by atoms with Crippen LogP contribution >= 0.6 is 12.2 Å². The van der Waals surface area contributed by atoms with Crippen molar-refractivity contribution in [1.82, 2.24) is 30.0 Å². The molecular weight excluding hydrogens is 596 g/mol. The summed E-state index contributed by atoms with van der Waals surface area (Å²) in [7, 11) is 0. The quantitative estimate of drug-likeness (QED) is 0.222. The Morgan fingerprint density at radius 1 is 0.911 bits per heavy atom. The Balaban J connectivity index is 1.16. The minimum atomic E-state index is -0.969. The topological polar surface area (TPSA) is 155 Å². The van der Waals surface area contributed by atoms with E-state index in [4.69, 9.17) is 41.7 Å². The molecule has 4 aromatic rings. The van der Waals surface area contributed by atoms with Gasteiger partial charge in [0.2, 0.25) is 17.8 Å². The van der Waals surface area contributed by atoms with E-state index in [0.29, 0.717) is 49.4 Å². The maximum Gasteiger partial charge on any atom is 0.335 e. The Morgan fingerprint density at radius 3 is 2.09 bits per heavy atom. The van der Waals surface area contributed by atoms with Gasteiger partial charge in [-0.2, -0.15) is 20.1 Å². The molecule has 0 saturated carbocycles. The molecule has 3 aliphatic heterocycles. The van der Waals surface area contributed by atoms with Crippen LogP contribution in [0.1, 0.15) is 33.2 Å². The molecule has 2 aromatic heterocycles. The summed E-state index contributed by atoms with van der Waals surface area (Å²) in [4.78, 5) is 29.9. The number of rotatable bonds is 7. The van der Waals surface area contributed by atoms with Crippen LogP contribution in [0.5, 0.6) is 0 Å². The maximum atomic E-state index is 11.4. The lowest BCUT2D eigenvalue weighted by molar-refractivity contribution is 0.0697. The number of fused-ring (bicyclic) bond motifs is 1. The highest BCUT2D eigenvalue weighted by molar-refractivity contribution is 7.80. The van der Waals surface area contributed by atoms with E-state index in [0.717, 1.165) is 60.2 Å². The largest absolute Gasteiger partial charge is 0.478 e. The van der Waals surface area contributed by atoms with Gasteiger partial charge in [0.15, 0.2) is 5.11 Å². The van der Waals surface area contributed by atoms with Crippen molar-refractivity contribution in [2.45, 2.75) is 13.0 Å². The lowest BCUT2D eigenvalue weighted by Gasteiger charge is -2.30. The van der Waals surface area contributed by atoms with E-state index >= 15 is 0 Å². The zero-order valence-corrected chi connectivity index (χ0v) is 25.4. The molecule has 0 radical (unpaired) electrons. The maximum absolute atomic E-state index is 11.4. The molecule has 3 aliphatic rings. The lowest BCUT2D eigenvalue weighted by atomic mass is 9.96. The van der Waals surface area contributed by atoms with Crippen LogP contribution in [0.3, 0.4) is 0 Å². The molecule has 0 amide bonds. The summed E-state index contributed by atoms with van der Waals surface area (Å²) in [6, 6.07) is 14.3. The average molecular weight is 629 g/mol. The molecule has 2 fully saturated rings.